The number of aryl methyl sites for hydroxylation is 2. The molecule has 1 heterocycles. The molecule has 1 aromatic carbocycles. The Labute approximate surface area is 270 Å². The number of aliphatic hydroxyl groups is 5. The van der Waals surface area contributed by atoms with E-state index in [4.69, 9.17) is 5.11 Å². The molecular formula is C37H57NO7. The van der Waals surface area contributed by atoms with Gasteiger partial charge >= 0.3 is 5.97 Å². The Bertz CT molecular complexity index is 1150. The smallest absolute Gasteiger partial charge is 0.303 e. The second-order valence-electron chi connectivity index (χ2n) is 12.4. The summed E-state index contributed by atoms with van der Waals surface area (Å²) in [6, 6.07) is 5.58. The Hall–Kier alpha value is -2.51. The number of aliphatic carboxylic acids is 1. The number of hydrogen-bond acceptors (Lipinski definition) is 7. The first kappa shape index (κ1) is 38.7. The van der Waals surface area contributed by atoms with Crippen LogP contribution in [-0.2, 0) is 17.6 Å². The molecule has 8 heteroatoms. The van der Waals surface area contributed by atoms with Crippen LogP contribution < -0.4 is 5.32 Å². The Kier molecular flexibility index (Phi) is 18.3. The highest BCUT2D eigenvalue weighted by Gasteiger charge is 2.26. The van der Waals surface area contributed by atoms with Crippen LogP contribution in [0, 0.1) is 11.8 Å². The highest BCUT2D eigenvalue weighted by molar-refractivity contribution is 5.66. The molecule has 6 atom stereocenters. The van der Waals surface area contributed by atoms with Crippen LogP contribution in [0.5, 0.6) is 0 Å². The third kappa shape index (κ3) is 13.8. The molecule has 8 nitrogen and oxygen atoms in total. The van der Waals surface area contributed by atoms with Gasteiger partial charge in [0, 0.05) is 30.5 Å². The third-order valence-electron chi connectivity index (χ3n) is 8.69. The molecule has 7 N–H and O–H groups in total. The predicted octanol–water partition coefficient (Wildman–Crippen LogP) is 4.58. The molecule has 0 radical (unpaired) electrons. The van der Waals surface area contributed by atoms with Gasteiger partial charge in [0.15, 0.2) is 0 Å². The van der Waals surface area contributed by atoms with E-state index in [0.29, 0.717) is 38.5 Å². The van der Waals surface area contributed by atoms with Gasteiger partial charge < -0.3 is 36.0 Å². The molecule has 1 aliphatic heterocycles. The Morgan fingerprint density at radius 2 is 1.82 bits per heavy atom. The van der Waals surface area contributed by atoms with Gasteiger partial charge in [-0.05, 0) is 74.1 Å². The molecule has 0 aromatic heterocycles. The second-order valence-corrected chi connectivity index (χ2v) is 12.4. The summed E-state index contributed by atoms with van der Waals surface area (Å²) in [5, 5.41) is 65.4. The number of nitrogens with one attached hydrogen (secondary N) is 1. The fraction of sp³-hybridized carbons (Fsp3) is 0.649. The molecule has 0 saturated carbocycles. The number of allylic oxidation sites excluding steroid dienone is 2. The maximum Gasteiger partial charge on any atom is 0.303 e. The first-order chi connectivity index (χ1) is 21.6. The standard InChI is InChI=1S/C37H57NO7/c1-4-6-18-35(42)36(43)23-22-29-21-20-28-14-11-13-27(5-2)31(28)15-12-17-33(26(3)40)38-34(32(29)24-30(41)25-39)16-9-7-8-10-19-37(44)45/h11,13-14,22-23,26,30,33-36,38-43H,4-10,16-21,24-25H2,1-3H3,(H,44,45)/b23-22+,32-29+/t26-,30-,33+,34+,35-,36+/m0/s1. The number of carboxylic acid groups (broad SMARTS) is 1. The van der Waals surface area contributed by atoms with E-state index in [1.54, 1.807) is 13.0 Å². The van der Waals surface area contributed by atoms with E-state index in [1.165, 1.54) is 0 Å². The Balaban J connectivity index is 2.62. The van der Waals surface area contributed by atoms with Crippen molar-refractivity contribution in [3.05, 3.63) is 58.2 Å². The number of carboxylic acids is 1. The number of unbranched alkanes of at least 4 members (excludes halogenated alkanes) is 4. The number of benzene rings is 1. The van der Waals surface area contributed by atoms with Crippen LogP contribution >= 0.6 is 0 Å². The average molecular weight is 628 g/mol. The van der Waals surface area contributed by atoms with Crippen molar-refractivity contribution in [2.24, 2.45) is 0 Å². The van der Waals surface area contributed by atoms with E-state index < -0.39 is 37.0 Å². The SMILES string of the molecule is CCCC[C@H](O)[C@H](O)/C=C/C1=C(\C[C@H](O)CO)[C@@H](CCCCCCC(=O)O)N[C@@H]([C@H](C)O)CC#Cc2c(CC)cccc2CC1. The first-order valence-corrected chi connectivity index (χ1v) is 16.9. The van der Waals surface area contributed by atoms with Crippen molar-refractivity contribution in [3.63, 3.8) is 0 Å². The van der Waals surface area contributed by atoms with Gasteiger partial charge in [0.05, 0.1) is 31.0 Å². The summed E-state index contributed by atoms with van der Waals surface area (Å²) in [6.07, 6.45) is 8.59. The zero-order valence-electron chi connectivity index (χ0n) is 27.5. The van der Waals surface area contributed by atoms with Gasteiger partial charge in [0.1, 0.15) is 0 Å². The van der Waals surface area contributed by atoms with Crippen LogP contribution in [0.2, 0.25) is 0 Å². The maximum atomic E-state index is 11.0. The predicted molar refractivity (Wildman–Crippen MR) is 179 cm³/mol. The van der Waals surface area contributed by atoms with Gasteiger partial charge in [0.25, 0.3) is 0 Å². The Morgan fingerprint density at radius 3 is 2.49 bits per heavy atom. The van der Waals surface area contributed by atoms with E-state index in [1.807, 2.05) is 19.1 Å². The molecule has 0 aliphatic carbocycles. The fourth-order valence-corrected chi connectivity index (χ4v) is 5.89. The van der Waals surface area contributed by atoms with Crippen molar-refractivity contribution >= 4 is 5.97 Å². The van der Waals surface area contributed by atoms with Crippen LogP contribution in [0.3, 0.4) is 0 Å². The molecule has 252 valence electrons. The van der Waals surface area contributed by atoms with E-state index in [2.05, 4.69) is 36.2 Å². The largest absolute Gasteiger partial charge is 0.481 e. The summed E-state index contributed by atoms with van der Waals surface area (Å²) in [5.41, 5.74) is 5.05. The lowest BCUT2D eigenvalue weighted by Crippen LogP contribution is -2.46. The number of carbonyl (C=O) groups is 1. The van der Waals surface area contributed by atoms with E-state index in [-0.39, 0.29) is 24.9 Å². The molecule has 0 fully saturated rings. The van der Waals surface area contributed by atoms with E-state index >= 15 is 0 Å². The van der Waals surface area contributed by atoms with Gasteiger partial charge in [-0.25, -0.2) is 0 Å². The highest BCUT2D eigenvalue weighted by atomic mass is 16.4. The minimum atomic E-state index is -1.05. The third-order valence-corrected chi connectivity index (χ3v) is 8.69. The highest BCUT2D eigenvalue weighted by Crippen LogP contribution is 2.28. The summed E-state index contributed by atoms with van der Waals surface area (Å²) >= 11 is 0. The molecule has 0 bridgehead atoms. The van der Waals surface area contributed by atoms with Crippen molar-refractivity contribution in [3.8, 4) is 11.8 Å². The summed E-state index contributed by atoms with van der Waals surface area (Å²) in [5.74, 6) is 5.92. The molecular weight excluding hydrogens is 570 g/mol. The van der Waals surface area contributed by atoms with Crippen molar-refractivity contribution in [1.29, 1.82) is 0 Å². The van der Waals surface area contributed by atoms with E-state index in [9.17, 15) is 30.3 Å². The average Bonchev–Trinajstić information content (AvgIpc) is 3.02. The van der Waals surface area contributed by atoms with Crippen LogP contribution in [0.1, 0.15) is 115 Å². The van der Waals surface area contributed by atoms with Crippen molar-refractivity contribution in [2.75, 3.05) is 6.61 Å². The number of rotatable bonds is 18. The molecule has 1 aromatic rings. The number of aliphatic hydroxyl groups excluding tert-OH is 5. The van der Waals surface area contributed by atoms with Crippen molar-refractivity contribution in [2.45, 2.75) is 147 Å². The molecule has 0 unspecified atom stereocenters. The molecule has 0 saturated heterocycles. The van der Waals surface area contributed by atoms with Crippen molar-refractivity contribution < 1.29 is 35.4 Å². The zero-order chi connectivity index (χ0) is 33.2. The molecule has 45 heavy (non-hydrogen) atoms. The van der Waals surface area contributed by atoms with Crippen LogP contribution in [0.4, 0.5) is 0 Å². The fourth-order valence-electron chi connectivity index (χ4n) is 5.89. The van der Waals surface area contributed by atoms with Crippen LogP contribution in [-0.4, -0.2) is 79.7 Å². The molecule has 1 aliphatic rings. The van der Waals surface area contributed by atoms with Crippen LogP contribution in [0.25, 0.3) is 0 Å². The van der Waals surface area contributed by atoms with Gasteiger partial charge in [0.2, 0.25) is 0 Å². The second kappa shape index (κ2) is 21.3. The molecule has 0 amide bonds. The minimum absolute atomic E-state index is 0.140. The quantitative estimate of drug-likeness (QED) is 0.0924. The number of fused-ring (bicyclic) bond motifs is 1. The number of hydrogen-bond donors (Lipinski definition) is 7. The molecule has 0 spiro atoms. The maximum absolute atomic E-state index is 11.0. The summed E-state index contributed by atoms with van der Waals surface area (Å²) in [7, 11) is 0. The van der Waals surface area contributed by atoms with Gasteiger partial charge in [-0.1, -0.05) is 88.1 Å². The summed E-state index contributed by atoms with van der Waals surface area (Å²) < 4.78 is 0. The normalized spacial score (nSPS) is 22.0. The Morgan fingerprint density at radius 1 is 1.07 bits per heavy atom. The minimum Gasteiger partial charge on any atom is -0.481 e. The first-order valence-electron chi connectivity index (χ1n) is 16.9. The van der Waals surface area contributed by atoms with Crippen molar-refractivity contribution in [1.82, 2.24) is 5.32 Å². The van der Waals surface area contributed by atoms with Gasteiger partial charge in [-0.3, -0.25) is 4.79 Å². The molecule has 2 rings (SSSR count). The monoisotopic (exact) mass is 627 g/mol. The van der Waals surface area contributed by atoms with Gasteiger partial charge in [-0.2, -0.15) is 0 Å². The lowest BCUT2D eigenvalue weighted by atomic mass is 9.86. The topological polar surface area (TPSA) is 150 Å². The van der Waals surface area contributed by atoms with Gasteiger partial charge in [-0.15, -0.1) is 0 Å². The van der Waals surface area contributed by atoms with E-state index in [0.717, 1.165) is 66.4 Å². The summed E-state index contributed by atoms with van der Waals surface area (Å²) in [4.78, 5) is 11.0. The summed E-state index contributed by atoms with van der Waals surface area (Å²) in [6.45, 7) is 5.47. The van der Waals surface area contributed by atoms with Crippen LogP contribution in [0.15, 0.2) is 41.5 Å². The lowest BCUT2D eigenvalue weighted by molar-refractivity contribution is -0.137. The zero-order valence-corrected chi connectivity index (χ0v) is 27.5. The lowest BCUT2D eigenvalue weighted by Gasteiger charge is -2.31.